The van der Waals surface area contributed by atoms with Gasteiger partial charge in [0.1, 0.15) is 4.90 Å². The first-order valence-electron chi connectivity index (χ1n) is 6.99. The maximum absolute atomic E-state index is 12.5. The molecule has 132 valence electrons. The fourth-order valence-corrected chi connectivity index (χ4v) is 3.65. The number of hydrogen-bond donors (Lipinski definition) is 3. The minimum Gasteiger partial charge on any atom is -0.329 e. The zero-order valence-electron chi connectivity index (χ0n) is 12.9. The highest BCUT2D eigenvalue weighted by Crippen LogP contribution is 2.22. The number of H-pyrrole nitrogens is 1. The van der Waals surface area contributed by atoms with Crippen molar-refractivity contribution in [3.8, 4) is 6.07 Å². The normalized spacial score (nSPS) is 11.3. The van der Waals surface area contributed by atoms with Crippen LogP contribution in [-0.4, -0.2) is 24.0 Å². The van der Waals surface area contributed by atoms with Crippen LogP contribution in [0, 0.1) is 16.1 Å². The van der Waals surface area contributed by atoms with Crippen LogP contribution in [0.2, 0.25) is 5.02 Å². The fourth-order valence-electron chi connectivity index (χ4n) is 2.32. The summed E-state index contributed by atoms with van der Waals surface area (Å²) in [6.07, 6.45) is 0. The largest absolute Gasteiger partial charge is 0.329 e. The van der Waals surface area contributed by atoms with Gasteiger partial charge in [0.25, 0.3) is 5.91 Å². The number of nitrogens with zero attached hydrogens (tertiary/aromatic N) is 2. The van der Waals surface area contributed by atoms with Crippen molar-refractivity contribution >= 4 is 50.8 Å². The Morgan fingerprint density at radius 1 is 1.31 bits per heavy atom. The monoisotopic (exact) mass is 407 g/mol. The lowest BCUT2D eigenvalue weighted by molar-refractivity contribution is 0.101. The second-order valence-corrected chi connectivity index (χ2v) is 7.56. The Bertz CT molecular complexity index is 1250. The van der Waals surface area contributed by atoms with Crippen LogP contribution in [0.3, 0.4) is 0 Å². The van der Waals surface area contributed by atoms with E-state index in [-0.39, 0.29) is 20.3 Å². The van der Waals surface area contributed by atoms with Gasteiger partial charge in [0.15, 0.2) is 4.77 Å². The zero-order valence-corrected chi connectivity index (χ0v) is 15.2. The molecule has 0 unspecified atom stereocenters. The number of rotatable bonds is 3. The standard InChI is InChI=1S/C15H10ClN5O3S2/c16-10-3-2-9(6-13(10)26(18,23)24)14(22)20-21-12-4-1-8(7-17)5-11(12)19-15(21)25/h1-6H,(H,19,25)(H,20,22)(H2,18,23,24). The Labute approximate surface area is 157 Å². The molecule has 2 aromatic carbocycles. The summed E-state index contributed by atoms with van der Waals surface area (Å²) in [4.78, 5) is 15.0. The van der Waals surface area contributed by atoms with Crippen LogP contribution in [0.4, 0.5) is 0 Å². The van der Waals surface area contributed by atoms with Crippen molar-refractivity contribution in [1.82, 2.24) is 9.66 Å². The molecule has 3 rings (SSSR count). The summed E-state index contributed by atoms with van der Waals surface area (Å²) in [5, 5.41) is 13.9. The number of benzene rings is 2. The van der Waals surface area contributed by atoms with Gasteiger partial charge in [0, 0.05) is 5.56 Å². The fraction of sp³-hybridized carbons (Fsp3) is 0. The van der Waals surface area contributed by atoms with E-state index in [1.54, 1.807) is 18.2 Å². The maximum Gasteiger partial charge on any atom is 0.270 e. The molecule has 0 spiro atoms. The number of hydrogen-bond acceptors (Lipinski definition) is 5. The third kappa shape index (κ3) is 3.33. The number of halogens is 1. The van der Waals surface area contributed by atoms with Gasteiger partial charge in [-0.15, -0.1) is 0 Å². The first-order chi connectivity index (χ1) is 12.2. The lowest BCUT2D eigenvalue weighted by Gasteiger charge is -2.09. The Morgan fingerprint density at radius 3 is 2.69 bits per heavy atom. The number of aromatic amines is 1. The second-order valence-electron chi connectivity index (χ2n) is 5.24. The van der Waals surface area contributed by atoms with Gasteiger partial charge < -0.3 is 4.98 Å². The molecule has 11 heteroatoms. The van der Waals surface area contributed by atoms with Crippen molar-refractivity contribution < 1.29 is 13.2 Å². The molecule has 8 nitrogen and oxygen atoms in total. The summed E-state index contributed by atoms with van der Waals surface area (Å²) in [5.41, 5.74) is 4.14. The van der Waals surface area contributed by atoms with Crippen molar-refractivity contribution in [1.29, 1.82) is 5.26 Å². The van der Waals surface area contributed by atoms with Gasteiger partial charge in [-0.05, 0) is 48.6 Å². The molecule has 0 aliphatic rings. The van der Waals surface area contributed by atoms with Crippen LogP contribution >= 0.6 is 23.8 Å². The minimum atomic E-state index is -4.08. The third-order valence-electron chi connectivity index (χ3n) is 3.52. The molecule has 0 fully saturated rings. The lowest BCUT2D eigenvalue weighted by atomic mass is 10.2. The molecule has 4 N–H and O–H groups in total. The van der Waals surface area contributed by atoms with Crippen molar-refractivity contribution in [3.63, 3.8) is 0 Å². The highest BCUT2D eigenvalue weighted by molar-refractivity contribution is 7.89. The van der Waals surface area contributed by atoms with Gasteiger partial charge in [-0.2, -0.15) is 5.26 Å². The van der Waals surface area contributed by atoms with Gasteiger partial charge in [-0.1, -0.05) is 11.6 Å². The summed E-state index contributed by atoms with van der Waals surface area (Å²) in [6.45, 7) is 0. The van der Waals surface area contributed by atoms with Gasteiger partial charge in [0.2, 0.25) is 10.0 Å². The highest BCUT2D eigenvalue weighted by Gasteiger charge is 2.17. The minimum absolute atomic E-state index is 0.0309. The SMILES string of the molecule is N#Cc1ccc2c(c1)[nH]c(=S)n2NC(=O)c1ccc(Cl)c(S(N)(=O)=O)c1. The topological polar surface area (TPSA) is 134 Å². The van der Waals surface area contributed by atoms with Gasteiger partial charge in [0.05, 0.1) is 27.7 Å². The summed E-state index contributed by atoms with van der Waals surface area (Å²) in [7, 11) is -4.08. The molecular formula is C15H10ClN5O3S2. The molecule has 1 heterocycles. The van der Waals surface area contributed by atoms with Gasteiger partial charge in [-0.3, -0.25) is 10.2 Å². The Morgan fingerprint density at radius 2 is 2.04 bits per heavy atom. The maximum atomic E-state index is 12.5. The summed E-state index contributed by atoms with van der Waals surface area (Å²) in [6, 6.07) is 10.5. The van der Waals surface area contributed by atoms with E-state index >= 15 is 0 Å². The molecule has 1 amide bonds. The molecule has 26 heavy (non-hydrogen) atoms. The van der Waals surface area contributed by atoms with E-state index in [9.17, 15) is 13.2 Å². The van der Waals surface area contributed by atoms with E-state index in [2.05, 4.69) is 10.4 Å². The van der Waals surface area contributed by atoms with E-state index in [1.165, 1.54) is 16.8 Å². The highest BCUT2D eigenvalue weighted by atomic mass is 35.5. The summed E-state index contributed by atoms with van der Waals surface area (Å²) >= 11 is 11.0. The van der Waals surface area contributed by atoms with Crippen molar-refractivity contribution in [2.45, 2.75) is 4.90 Å². The number of imidazole rings is 1. The molecule has 0 atom stereocenters. The average molecular weight is 408 g/mol. The van der Waals surface area contributed by atoms with E-state index in [0.29, 0.717) is 16.6 Å². The number of nitrogens with one attached hydrogen (secondary N) is 2. The van der Waals surface area contributed by atoms with Crippen LogP contribution < -0.4 is 10.6 Å². The molecule has 3 aromatic rings. The number of aromatic nitrogens is 2. The smallest absolute Gasteiger partial charge is 0.270 e. The molecule has 0 saturated heterocycles. The number of nitrogens with two attached hydrogens (primary N) is 1. The third-order valence-corrected chi connectivity index (χ3v) is 5.20. The molecule has 0 bridgehead atoms. The number of primary sulfonamides is 1. The number of carbonyl (C=O) groups is 1. The van der Waals surface area contributed by atoms with Crippen LogP contribution in [0.15, 0.2) is 41.3 Å². The number of sulfonamides is 1. The molecule has 0 aliphatic carbocycles. The first kappa shape index (κ1) is 18.1. The predicted octanol–water partition coefficient (Wildman–Crippen LogP) is 2.26. The number of amides is 1. The van der Waals surface area contributed by atoms with Crippen LogP contribution in [-0.2, 0) is 10.0 Å². The second kappa shape index (κ2) is 6.54. The van der Waals surface area contributed by atoms with E-state index in [1.807, 2.05) is 6.07 Å². The van der Waals surface area contributed by atoms with Crippen LogP contribution in [0.25, 0.3) is 11.0 Å². The van der Waals surface area contributed by atoms with E-state index < -0.39 is 15.9 Å². The summed E-state index contributed by atoms with van der Waals surface area (Å²) < 4.78 is 24.6. The molecular weight excluding hydrogens is 398 g/mol. The zero-order chi connectivity index (χ0) is 19.1. The van der Waals surface area contributed by atoms with Gasteiger partial charge >= 0.3 is 0 Å². The number of nitriles is 1. The quantitative estimate of drug-likeness (QED) is 0.572. The summed E-state index contributed by atoms with van der Waals surface area (Å²) in [5.74, 6) is -0.618. The van der Waals surface area contributed by atoms with Gasteiger partial charge in [-0.25, -0.2) is 18.2 Å². The van der Waals surface area contributed by atoms with Crippen molar-refractivity contribution in [2.24, 2.45) is 5.14 Å². The van der Waals surface area contributed by atoms with E-state index in [0.717, 1.165) is 6.07 Å². The lowest BCUT2D eigenvalue weighted by Crippen LogP contribution is -2.23. The number of carbonyl (C=O) groups excluding carboxylic acids is 1. The molecule has 1 aromatic heterocycles. The van der Waals surface area contributed by atoms with Crippen molar-refractivity contribution in [3.05, 3.63) is 57.3 Å². The van der Waals surface area contributed by atoms with Crippen LogP contribution in [0.1, 0.15) is 15.9 Å². The number of fused-ring (bicyclic) bond motifs is 1. The Hall–Kier alpha value is -2.71. The predicted molar refractivity (Wildman–Crippen MR) is 98.4 cm³/mol. The Kier molecular flexibility index (Phi) is 4.55. The molecule has 0 aliphatic heterocycles. The van der Waals surface area contributed by atoms with E-state index in [4.69, 9.17) is 34.2 Å². The first-order valence-corrected chi connectivity index (χ1v) is 9.32. The van der Waals surface area contributed by atoms with Crippen molar-refractivity contribution in [2.75, 3.05) is 5.43 Å². The van der Waals surface area contributed by atoms with Crippen LogP contribution in [0.5, 0.6) is 0 Å². The Balaban J connectivity index is 2.02. The average Bonchev–Trinajstić information content (AvgIpc) is 2.88. The molecule has 0 radical (unpaired) electrons. The molecule has 0 saturated carbocycles.